The Morgan fingerprint density at radius 1 is 1.43 bits per heavy atom. The lowest BCUT2D eigenvalue weighted by Gasteiger charge is -2.04. The van der Waals surface area contributed by atoms with E-state index in [9.17, 15) is 0 Å². The van der Waals surface area contributed by atoms with E-state index in [4.69, 9.17) is 0 Å². The summed E-state index contributed by atoms with van der Waals surface area (Å²) in [6, 6.07) is 6.22. The summed E-state index contributed by atoms with van der Waals surface area (Å²) >= 11 is 0. The second kappa shape index (κ2) is 3.01. The second-order valence-corrected chi connectivity index (χ2v) is 3.94. The average Bonchev–Trinajstić information content (AvgIpc) is 2.92. The van der Waals surface area contributed by atoms with E-state index >= 15 is 0 Å². The van der Waals surface area contributed by atoms with Gasteiger partial charge in [0.25, 0.3) is 0 Å². The van der Waals surface area contributed by atoms with Crippen LogP contribution in [-0.4, -0.2) is 16.2 Å². The summed E-state index contributed by atoms with van der Waals surface area (Å²) < 4.78 is 1.88. The fourth-order valence-corrected chi connectivity index (χ4v) is 1.62. The fraction of sp³-hybridized carbons (Fsp3) is 0.364. The molecule has 3 nitrogen and oxygen atoms in total. The van der Waals surface area contributed by atoms with Gasteiger partial charge in [-0.15, -0.1) is 0 Å². The van der Waals surface area contributed by atoms with E-state index in [1.807, 2.05) is 23.0 Å². The minimum absolute atomic E-state index is 0.913. The first-order valence-corrected chi connectivity index (χ1v) is 5.09. The monoisotopic (exact) mass is 187 g/mol. The third kappa shape index (κ3) is 1.45. The summed E-state index contributed by atoms with van der Waals surface area (Å²) in [5, 5.41) is 7.60. The van der Waals surface area contributed by atoms with Crippen LogP contribution in [0.3, 0.4) is 0 Å². The van der Waals surface area contributed by atoms with E-state index in [1.54, 1.807) is 0 Å². The number of anilines is 1. The van der Waals surface area contributed by atoms with E-state index in [1.165, 1.54) is 18.5 Å². The van der Waals surface area contributed by atoms with Crippen LogP contribution in [-0.2, 0) is 0 Å². The third-order valence-corrected chi connectivity index (χ3v) is 2.69. The molecule has 2 aromatic heterocycles. The third-order valence-electron chi connectivity index (χ3n) is 2.69. The van der Waals surface area contributed by atoms with Gasteiger partial charge in [0.2, 0.25) is 0 Å². The first-order valence-electron chi connectivity index (χ1n) is 5.09. The van der Waals surface area contributed by atoms with Gasteiger partial charge in [-0.2, -0.15) is 5.10 Å². The van der Waals surface area contributed by atoms with Crippen molar-refractivity contribution >= 4 is 11.2 Å². The molecular weight excluding hydrogens is 174 g/mol. The molecule has 0 aliphatic heterocycles. The molecular formula is C11H13N3. The first-order chi connectivity index (χ1) is 6.92. The van der Waals surface area contributed by atoms with Gasteiger partial charge in [-0.1, -0.05) is 0 Å². The number of hydrogen-bond donors (Lipinski definition) is 1. The van der Waals surface area contributed by atoms with Crippen molar-refractivity contribution in [2.24, 2.45) is 5.92 Å². The molecule has 3 rings (SSSR count). The Kier molecular flexibility index (Phi) is 1.69. The molecule has 0 aromatic carbocycles. The Balaban J connectivity index is 1.81. The predicted octanol–water partition coefficient (Wildman–Crippen LogP) is 2.16. The summed E-state index contributed by atoms with van der Waals surface area (Å²) in [5.41, 5.74) is 2.34. The maximum atomic E-state index is 4.16. The van der Waals surface area contributed by atoms with Gasteiger partial charge < -0.3 is 5.32 Å². The second-order valence-electron chi connectivity index (χ2n) is 3.94. The summed E-state index contributed by atoms with van der Waals surface area (Å²) in [6.45, 7) is 1.12. The average molecular weight is 187 g/mol. The molecule has 72 valence electrons. The number of aromatic nitrogens is 2. The highest BCUT2D eigenvalue weighted by Gasteiger charge is 2.20. The molecule has 2 aromatic rings. The standard InChI is InChI=1S/C11H13N3/c1-2-9(1)8-12-10-4-6-14-11(7-10)3-5-13-14/h3-7,9,12H,1-2,8H2. The number of pyridine rings is 1. The smallest absolute Gasteiger partial charge is 0.0682 e. The highest BCUT2D eigenvalue weighted by atomic mass is 15.2. The lowest BCUT2D eigenvalue weighted by Crippen LogP contribution is -2.03. The molecule has 14 heavy (non-hydrogen) atoms. The molecule has 1 N–H and O–H groups in total. The normalized spacial score (nSPS) is 16.0. The van der Waals surface area contributed by atoms with E-state index < -0.39 is 0 Å². The minimum Gasteiger partial charge on any atom is -0.385 e. The Bertz CT molecular complexity index is 442. The lowest BCUT2D eigenvalue weighted by atomic mass is 10.3. The number of nitrogens with zero attached hydrogens (tertiary/aromatic N) is 2. The maximum absolute atomic E-state index is 4.16. The van der Waals surface area contributed by atoms with Crippen LogP contribution in [0.2, 0.25) is 0 Å². The zero-order chi connectivity index (χ0) is 9.38. The topological polar surface area (TPSA) is 29.3 Å². The fourth-order valence-electron chi connectivity index (χ4n) is 1.62. The molecule has 3 heteroatoms. The van der Waals surface area contributed by atoms with Gasteiger partial charge in [0.15, 0.2) is 0 Å². The van der Waals surface area contributed by atoms with Gasteiger partial charge in [0.05, 0.1) is 5.52 Å². The highest BCUT2D eigenvalue weighted by Crippen LogP contribution is 2.28. The van der Waals surface area contributed by atoms with E-state index in [-0.39, 0.29) is 0 Å². The van der Waals surface area contributed by atoms with Crippen LogP contribution in [0.1, 0.15) is 12.8 Å². The molecule has 1 saturated carbocycles. The van der Waals surface area contributed by atoms with Crippen LogP contribution in [0, 0.1) is 5.92 Å². The van der Waals surface area contributed by atoms with Gasteiger partial charge in [0, 0.05) is 24.6 Å². The Morgan fingerprint density at radius 3 is 3.21 bits per heavy atom. The molecule has 0 unspecified atom stereocenters. The number of fused-ring (bicyclic) bond motifs is 1. The van der Waals surface area contributed by atoms with E-state index in [0.29, 0.717) is 0 Å². The van der Waals surface area contributed by atoms with E-state index in [2.05, 4.69) is 22.5 Å². The van der Waals surface area contributed by atoms with Crippen molar-refractivity contribution in [3.05, 3.63) is 30.6 Å². The van der Waals surface area contributed by atoms with Crippen molar-refractivity contribution in [3.8, 4) is 0 Å². The molecule has 0 spiro atoms. The van der Waals surface area contributed by atoms with Gasteiger partial charge in [-0.25, -0.2) is 4.52 Å². The van der Waals surface area contributed by atoms with Crippen LogP contribution in [0.25, 0.3) is 5.52 Å². The lowest BCUT2D eigenvalue weighted by molar-refractivity contribution is 0.887. The summed E-state index contributed by atoms with van der Waals surface area (Å²) in [7, 11) is 0. The molecule has 1 fully saturated rings. The Morgan fingerprint density at radius 2 is 2.36 bits per heavy atom. The Labute approximate surface area is 82.7 Å². The molecule has 0 bridgehead atoms. The quantitative estimate of drug-likeness (QED) is 0.797. The molecule has 2 heterocycles. The van der Waals surface area contributed by atoms with Gasteiger partial charge in [0.1, 0.15) is 0 Å². The zero-order valence-electron chi connectivity index (χ0n) is 7.98. The summed E-state index contributed by atoms with van der Waals surface area (Å²) in [4.78, 5) is 0. The highest BCUT2D eigenvalue weighted by molar-refractivity contribution is 5.57. The van der Waals surface area contributed by atoms with Crippen LogP contribution in [0.4, 0.5) is 5.69 Å². The largest absolute Gasteiger partial charge is 0.385 e. The van der Waals surface area contributed by atoms with Crippen LogP contribution in [0.5, 0.6) is 0 Å². The van der Waals surface area contributed by atoms with Crippen molar-refractivity contribution < 1.29 is 0 Å². The summed E-state index contributed by atoms with van der Waals surface area (Å²) in [5.74, 6) is 0.913. The van der Waals surface area contributed by atoms with Gasteiger partial charge in [-0.3, -0.25) is 0 Å². The van der Waals surface area contributed by atoms with Crippen LogP contribution in [0.15, 0.2) is 30.6 Å². The van der Waals surface area contributed by atoms with E-state index in [0.717, 1.165) is 18.0 Å². The van der Waals surface area contributed by atoms with Crippen LogP contribution < -0.4 is 5.32 Å². The van der Waals surface area contributed by atoms with Crippen molar-refractivity contribution in [1.82, 2.24) is 9.61 Å². The molecule has 0 atom stereocenters. The predicted molar refractivity (Wildman–Crippen MR) is 56.4 cm³/mol. The minimum atomic E-state index is 0.913. The maximum Gasteiger partial charge on any atom is 0.0682 e. The first kappa shape index (κ1) is 7.85. The van der Waals surface area contributed by atoms with Crippen LogP contribution >= 0.6 is 0 Å². The molecule has 0 radical (unpaired) electrons. The van der Waals surface area contributed by atoms with Crippen molar-refractivity contribution in [3.63, 3.8) is 0 Å². The number of rotatable bonds is 3. The molecule has 1 aliphatic carbocycles. The number of hydrogen-bond acceptors (Lipinski definition) is 2. The Hall–Kier alpha value is -1.51. The van der Waals surface area contributed by atoms with Gasteiger partial charge in [-0.05, 0) is 37.0 Å². The molecule has 1 aliphatic rings. The zero-order valence-corrected chi connectivity index (χ0v) is 7.98. The molecule has 0 amide bonds. The van der Waals surface area contributed by atoms with Crippen molar-refractivity contribution in [2.45, 2.75) is 12.8 Å². The van der Waals surface area contributed by atoms with Gasteiger partial charge >= 0.3 is 0 Å². The van der Waals surface area contributed by atoms with Crippen molar-refractivity contribution in [1.29, 1.82) is 0 Å². The molecule has 0 saturated heterocycles. The number of nitrogens with one attached hydrogen (secondary N) is 1. The summed E-state index contributed by atoms with van der Waals surface area (Å²) in [6.07, 6.45) is 6.59. The van der Waals surface area contributed by atoms with Crippen molar-refractivity contribution in [2.75, 3.05) is 11.9 Å². The SMILES string of the molecule is c1cc2cc(NCC3CC3)ccn2n1.